The highest BCUT2D eigenvalue weighted by molar-refractivity contribution is 5.98. The van der Waals surface area contributed by atoms with Gasteiger partial charge in [0, 0.05) is 19.7 Å². The third-order valence-electron chi connectivity index (χ3n) is 3.32. The van der Waals surface area contributed by atoms with Crippen LogP contribution >= 0.6 is 0 Å². The molecule has 1 atom stereocenters. The Morgan fingerprint density at radius 3 is 2.26 bits per heavy atom. The van der Waals surface area contributed by atoms with E-state index in [2.05, 4.69) is 0 Å². The second-order valence-electron chi connectivity index (χ2n) is 5.50. The SMILES string of the molecule is CCN(C)C(=O)N(c1ccc(O)c(O)c1)C(C)C(=O)OC(C)C. The van der Waals surface area contributed by atoms with E-state index in [0.29, 0.717) is 12.2 Å². The van der Waals surface area contributed by atoms with Crippen molar-refractivity contribution in [3.63, 3.8) is 0 Å². The fourth-order valence-corrected chi connectivity index (χ4v) is 1.92. The lowest BCUT2D eigenvalue weighted by molar-refractivity contribution is -0.148. The van der Waals surface area contributed by atoms with Crippen molar-refractivity contribution in [1.82, 2.24) is 4.90 Å². The molecule has 0 aliphatic carbocycles. The molecule has 2 amide bonds. The molecule has 2 N–H and O–H groups in total. The van der Waals surface area contributed by atoms with Gasteiger partial charge in [-0.1, -0.05) is 0 Å². The molecule has 0 fully saturated rings. The highest BCUT2D eigenvalue weighted by Gasteiger charge is 2.31. The fraction of sp³-hybridized carbons (Fsp3) is 0.500. The predicted octanol–water partition coefficient (Wildman–Crippen LogP) is 2.32. The Labute approximate surface area is 136 Å². The average molecular weight is 324 g/mol. The summed E-state index contributed by atoms with van der Waals surface area (Å²) in [5.74, 6) is -1.23. The molecule has 1 unspecified atom stereocenters. The highest BCUT2D eigenvalue weighted by Crippen LogP contribution is 2.31. The van der Waals surface area contributed by atoms with Crippen LogP contribution in [-0.4, -0.2) is 52.9 Å². The summed E-state index contributed by atoms with van der Waals surface area (Å²) in [7, 11) is 1.61. The van der Waals surface area contributed by atoms with Gasteiger partial charge in [0.2, 0.25) is 0 Å². The number of hydrogen-bond acceptors (Lipinski definition) is 5. The van der Waals surface area contributed by atoms with Crippen molar-refractivity contribution >= 4 is 17.7 Å². The first-order valence-electron chi connectivity index (χ1n) is 7.45. The smallest absolute Gasteiger partial charge is 0.329 e. The number of carbonyl (C=O) groups excluding carboxylic acids is 2. The second kappa shape index (κ2) is 7.71. The van der Waals surface area contributed by atoms with E-state index in [0.717, 1.165) is 0 Å². The molecular weight excluding hydrogens is 300 g/mol. The molecule has 0 bridgehead atoms. The first kappa shape index (κ1) is 18.6. The first-order chi connectivity index (χ1) is 10.7. The molecule has 23 heavy (non-hydrogen) atoms. The van der Waals surface area contributed by atoms with Gasteiger partial charge in [-0.05, 0) is 39.8 Å². The molecule has 7 nitrogen and oxygen atoms in total. The molecule has 1 rings (SSSR count). The van der Waals surface area contributed by atoms with Crippen LogP contribution in [0.3, 0.4) is 0 Å². The lowest BCUT2D eigenvalue weighted by Gasteiger charge is -2.32. The third-order valence-corrected chi connectivity index (χ3v) is 3.32. The monoisotopic (exact) mass is 324 g/mol. The highest BCUT2D eigenvalue weighted by atomic mass is 16.5. The minimum Gasteiger partial charge on any atom is -0.504 e. The van der Waals surface area contributed by atoms with Gasteiger partial charge in [-0.2, -0.15) is 0 Å². The Kier molecular flexibility index (Phi) is 6.24. The number of aromatic hydroxyl groups is 2. The van der Waals surface area contributed by atoms with Crippen LogP contribution in [0.5, 0.6) is 11.5 Å². The predicted molar refractivity (Wildman–Crippen MR) is 86.6 cm³/mol. The van der Waals surface area contributed by atoms with Gasteiger partial charge in [-0.3, -0.25) is 4.90 Å². The van der Waals surface area contributed by atoms with E-state index in [1.807, 2.05) is 6.92 Å². The van der Waals surface area contributed by atoms with Crippen molar-refractivity contribution in [2.75, 3.05) is 18.5 Å². The maximum atomic E-state index is 12.6. The molecule has 0 aromatic heterocycles. The van der Waals surface area contributed by atoms with Gasteiger partial charge in [0.25, 0.3) is 0 Å². The number of hydrogen-bond donors (Lipinski definition) is 2. The average Bonchev–Trinajstić information content (AvgIpc) is 2.49. The Morgan fingerprint density at radius 2 is 1.78 bits per heavy atom. The first-order valence-corrected chi connectivity index (χ1v) is 7.45. The van der Waals surface area contributed by atoms with Crippen LogP contribution in [0.4, 0.5) is 10.5 Å². The summed E-state index contributed by atoms with van der Waals surface area (Å²) >= 11 is 0. The van der Waals surface area contributed by atoms with Crippen molar-refractivity contribution in [2.45, 2.75) is 39.8 Å². The number of urea groups is 1. The van der Waals surface area contributed by atoms with Gasteiger partial charge in [-0.15, -0.1) is 0 Å². The van der Waals surface area contributed by atoms with Crippen LogP contribution in [0, 0.1) is 0 Å². The van der Waals surface area contributed by atoms with E-state index < -0.39 is 18.0 Å². The quantitative estimate of drug-likeness (QED) is 0.641. The van der Waals surface area contributed by atoms with Crippen LogP contribution in [0.25, 0.3) is 0 Å². The normalized spacial score (nSPS) is 11.9. The molecule has 0 saturated heterocycles. The molecule has 0 saturated carbocycles. The fourth-order valence-electron chi connectivity index (χ4n) is 1.92. The number of benzene rings is 1. The number of anilines is 1. The lowest BCUT2D eigenvalue weighted by atomic mass is 10.2. The lowest BCUT2D eigenvalue weighted by Crippen LogP contribution is -2.50. The maximum Gasteiger partial charge on any atom is 0.329 e. The molecule has 1 aromatic carbocycles. The molecular formula is C16H24N2O5. The summed E-state index contributed by atoms with van der Waals surface area (Å²) < 4.78 is 5.17. The molecule has 0 aliphatic heterocycles. The van der Waals surface area contributed by atoms with E-state index in [9.17, 15) is 19.8 Å². The summed E-state index contributed by atoms with van der Waals surface area (Å²) in [5.41, 5.74) is 0.291. The van der Waals surface area contributed by atoms with Gasteiger partial charge in [0.05, 0.1) is 11.8 Å². The zero-order chi connectivity index (χ0) is 17.7. The number of carbonyl (C=O) groups is 2. The zero-order valence-electron chi connectivity index (χ0n) is 14.1. The number of rotatable bonds is 5. The minimum absolute atomic E-state index is 0.291. The van der Waals surface area contributed by atoms with Gasteiger partial charge in [-0.25, -0.2) is 9.59 Å². The van der Waals surface area contributed by atoms with Crippen LogP contribution in [0.15, 0.2) is 18.2 Å². The summed E-state index contributed by atoms with van der Waals surface area (Å²) in [4.78, 5) is 27.5. The summed E-state index contributed by atoms with van der Waals surface area (Å²) in [6, 6.07) is 2.65. The van der Waals surface area contributed by atoms with Gasteiger partial charge in [0.15, 0.2) is 11.5 Å². The van der Waals surface area contributed by atoms with Gasteiger partial charge >= 0.3 is 12.0 Å². The third kappa shape index (κ3) is 4.51. The van der Waals surface area contributed by atoms with E-state index in [4.69, 9.17) is 4.74 Å². The van der Waals surface area contributed by atoms with Crippen LogP contribution < -0.4 is 4.90 Å². The van der Waals surface area contributed by atoms with Crippen molar-refractivity contribution in [2.24, 2.45) is 0 Å². The Bertz CT molecular complexity index is 574. The second-order valence-corrected chi connectivity index (χ2v) is 5.50. The molecule has 7 heteroatoms. The zero-order valence-corrected chi connectivity index (χ0v) is 14.1. The Morgan fingerprint density at radius 1 is 1.17 bits per heavy atom. The number of esters is 1. The molecule has 0 spiro atoms. The van der Waals surface area contributed by atoms with Crippen molar-refractivity contribution < 1.29 is 24.5 Å². The summed E-state index contributed by atoms with van der Waals surface area (Å²) in [5, 5.41) is 19.1. The number of nitrogens with zero attached hydrogens (tertiary/aromatic N) is 2. The van der Waals surface area contributed by atoms with Gasteiger partial charge in [0.1, 0.15) is 6.04 Å². The molecule has 0 radical (unpaired) electrons. The van der Waals surface area contributed by atoms with Crippen LogP contribution in [0.2, 0.25) is 0 Å². The minimum atomic E-state index is -0.886. The van der Waals surface area contributed by atoms with E-state index in [-0.39, 0.29) is 17.6 Å². The van der Waals surface area contributed by atoms with E-state index in [1.54, 1.807) is 27.8 Å². The molecule has 128 valence electrons. The van der Waals surface area contributed by atoms with Crippen molar-refractivity contribution in [1.29, 1.82) is 0 Å². The summed E-state index contributed by atoms with van der Waals surface area (Å²) in [6.45, 7) is 7.26. The molecule has 0 heterocycles. The largest absolute Gasteiger partial charge is 0.504 e. The van der Waals surface area contributed by atoms with Gasteiger partial charge < -0.3 is 19.8 Å². The number of phenols is 2. The Balaban J connectivity index is 3.23. The van der Waals surface area contributed by atoms with Crippen LogP contribution in [-0.2, 0) is 9.53 Å². The summed E-state index contributed by atoms with van der Waals surface area (Å²) in [6.07, 6.45) is -0.306. The van der Waals surface area contributed by atoms with E-state index >= 15 is 0 Å². The van der Waals surface area contributed by atoms with Crippen molar-refractivity contribution in [3.8, 4) is 11.5 Å². The Hall–Kier alpha value is -2.44. The number of amides is 2. The topological polar surface area (TPSA) is 90.3 Å². The van der Waals surface area contributed by atoms with E-state index in [1.165, 1.54) is 28.0 Å². The standard InChI is InChI=1S/C16H24N2O5/c1-6-17(5)16(22)18(11(4)15(21)23-10(2)3)12-7-8-13(19)14(20)9-12/h7-11,19-20H,6H2,1-5H3. The van der Waals surface area contributed by atoms with Crippen LogP contribution in [0.1, 0.15) is 27.7 Å². The molecule has 0 aliphatic rings. The maximum absolute atomic E-state index is 12.6. The number of phenolic OH excluding ortho intramolecular Hbond substituents is 2. The number of ether oxygens (including phenoxy) is 1. The molecule has 1 aromatic rings. The van der Waals surface area contributed by atoms with Crippen molar-refractivity contribution in [3.05, 3.63) is 18.2 Å².